The fraction of sp³-hybridized carbons (Fsp3) is 0.100. The highest BCUT2D eigenvalue weighted by atomic mass is 19.4. The second kappa shape index (κ2) is 16.3. The zero-order chi connectivity index (χ0) is 48.3. The fourth-order valence-electron chi connectivity index (χ4n) is 6.11. The Kier molecular flexibility index (Phi) is 12.1. The Labute approximate surface area is 341 Å². The molecule has 5 aromatic rings. The third-order valence-electron chi connectivity index (χ3n) is 8.97. The molecule has 0 aliphatic heterocycles. The van der Waals surface area contributed by atoms with E-state index in [9.17, 15) is 80.8 Å². The predicted octanol–water partition coefficient (Wildman–Crippen LogP) is 11.4. The Morgan fingerprint density at radius 1 is 0.344 bits per heavy atom. The third-order valence-corrected chi connectivity index (χ3v) is 8.97. The number of rotatable bonds is 4. The summed E-state index contributed by atoms with van der Waals surface area (Å²) in [5, 5.41) is 35.1. The Bertz CT molecular complexity index is 2800. The number of hydrogen-bond acceptors (Lipinski definition) is 4. The molecule has 4 nitrogen and oxygen atoms in total. The van der Waals surface area contributed by atoms with Crippen LogP contribution in [0.2, 0.25) is 0 Å². The van der Waals surface area contributed by atoms with E-state index in [-0.39, 0.29) is 36.4 Å². The lowest BCUT2D eigenvalue weighted by molar-refractivity contribution is -0.144. The summed E-state index contributed by atoms with van der Waals surface area (Å²) in [6, 6.07) is 0.730. The van der Waals surface area contributed by atoms with Crippen molar-refractivity contribution in [2.75, 3.05) is 0 Å². The molecule has 24 heteroatoms. The van der Waals surface area contributed by atoms with Gasteiger partial charge in [-0.3, -0.25) is 0 Å². The van der Waals surface area contributed by atoms with Crippen molar-refractivity contribution in [3.05, 3.63) is 150 Å². The number of hydrogen-bond donors (Lipinski definition) is 0. The molecular weight excluding hydrogens is 916 g/mol. The van der Waals surface area contributed by atoms with Gasteiger partial charge in [0.15, 0.2) is 46.5 Å². The first kappa shape index (κ1) is 47.4. The number of nitrogens with zero attached hydrogens (tertiary/aromatic N) is 4. The van der Waals surface area contributed by atoms with Gasteiger partial charge in [0.1, 0.15) is 35.4 Å². The highest BCUT2D eigenvalue weighted by Crippen LogP contribution is 2.41. The average molecular weight is 924 g/mol. The van der Waals surface area contributed by atoms with Gasteiger partial charge >= 0.3 is 24.7 Å². The van der Waals surface area contributed by atoms with Gasteiger partial charge in [0, 0.05) is 10.4 Å². The van der Waals surface area contributed by atoms with E-state index in [0.29, 0.717) is 12.1 Å². The topological polar surface area (TPSA) is 95.2 Å². The number of benzene rings is 5. The van der Waals surface area contributed by atoms with Gasteiger partial charge in [-0.25, -0.2) is 35.1 Å². The van der Waals surface area contributed by atoms with Gasteiger partial charge in [-0.15, -0.1) is 0 Å². The minimum Gasteiger partial charge on any atom is -0.203 e. The van der Waals surface area contributed by atoms with Crippen LogP contribution < -0.4 is 10.4 Å². The first-order valence-corrected chi connectivity index (χ1v) is 16.3. The zero-order valence-electron chi connectivity index (χ0n) is 30.0. The molecule has 0 aliphatic carbocycles. The second-order valence-electron chi connectivity index (χ2n) is 12.7. The smallest absolute Gasteiger partial charge is 0.203 e. The van der Waals surface area contributed by atoms with Crippen LogP contribution in [0.15, 0.2) is 48.5 Å². The number of nitriles is 4. The number of alkyl halides is 12. The summed E-state index contributed by atoms with van der Waals surface area (Å²) in [6.45, 7) is 0. The number of halogens is 20. The molecule has 0 aliphatic rings. The Morgan fingerprint density at radius 3 is 0.766 bits per heavy atom. The first-order valence-electron chi connectivity index (χ1n) is 16.3. The van der Waals surface area contributed by atoms with Crippen molar-refractivity contribution in [2.24, 2.45) is 0 Å². The normalized spacial score (nSPS) is 13.1. The van der Waals surface area contributed by atoms with Crippen molar-refractivity contribution in [1.29, 1.82) is 21.0 Å². The molecule has 64 heavy (non-hydrogen) atoms. The van der Waals surface area contributed by atoms with Crippen LogP contribution >= 0.6 is 0 Å². The molecule has 5 aromatic carbocycles. The van der Waals surface area contributed by atoms with Crippen molar-refractivity contribution in [1.82, 2.24) is 0 Å². The fourth-order valence-corrected chi connectivity index (χ4v) is 6.11. The summed E-state index contributed by atoms with van der Waals surface area (Å²) in [7, 11) is 0. The average Bonchev–Trinajstić information content (AvgIpc) is 3.21. The van der Waals surface area contributed by atoms with Crippen molar-refractivity contribution in [2.45, 2.75) is 24.7 Å². The summed E-state index contributed by atoms with van der Waals surface area (Å²) in [4.78, 5) is 0. The van der Waals surface area contributed by atoms with Crippen LogP contribution in [0.4, 0.5) is 87.8 Å². The standard InChI is InChI=1S/C40H8F20N4/c41-29-25(11-63)30(42)34(46)27(33(29)45)23(9-61)21-8-20(14-3-17(39(55,56)57)6-18(4-14)40(58,59)60)22(24(10-62)28-35(47)31(43)26(12-64)32(44)36(28)48)7-19(21)13-1-15(37(49,50)51)5-16(2-13)38(52,53)54/h1-8H/b23-21+,24-22+. The second-order valence-corrected chi connectivity index (χ2v) is 12.7. The van der Waals surface area contributed by atoms with Crippen molar-refractivity contribution < 1.29 is 87.8 Å². The Balaban J connectivity index is 2.32. The van der Waals surface area contributed by atoms with E-state index in [1.54, 1.807) is 0 Å². The lowest BCUT2D eigenvalue weighted by Crippen LogP contribution is -2.23. The molecule has 0 spiro atoms. The van der Waals surface area contributed by atoms with Crippen molar-refractivity contribution in [3.63, 3.8) is 0 Å². The maximum absolute atomic E-state index is 15.6. The van der Waals surface area contributed by atoms with E-state index in [4.69, 9.17) is 10.5 Å². The molecule has 0 N–H and O–H groups in total. The highest BCUT2D eigenvalue weighted by Gasteiger charge is 2.40. The van der Waals surface area contributed by atoms with E-state index >= 15 is 17.6 Å². The monoisotopic (exact) mass is 924 g/mol. The molecule has 0 fully saturated rings. The molecule has 0 saturated carbocycles. The first-order chi connectivity index (χ1) is 29.4. The van der Waals surface area contributed by atoms with Crippen LogP contribution in [-0.2, 0) is 24.7 Å². The molecule has 0 bridgehead atoms. The van der Waals surface area contributed by atoms with Gasteiger partial charge < -0.3 is 0 Å². The van der Waals surface area contributed by atoms with E-state index in [2.05, 4.69) is 0 Å². The lowest BCUT2D eigenvalue weighted by Gasteiger charge is -2.18. The molecule has 0 aromatic heterocycles. The summed E-state index contributed by atoms with van der Waals surface area (Å²) < 4.78 is 292. The Morgan fingerprint density at radius 2 is 0.578 bits per heavy atom. The minimum absolute atomic E-state index is 0.136. The highest BCUT2D eigenvalue weighted by molar-refractivity contribution is 5.88. The maximum atomic E-state index is 15.6. The van der Waals surface area contributed by atoms with Crippen LogP contribution in [0.1, 0.15) is 44.5 Å². The quantitative estimate of drug-likeness (QED) is 0.132. The van der Waals surface area contributed by atoms with Gasteiger partial charge in [-0.05, 0) is 70.8 Å². The van der Waals surface area contributed by atoms with E-state index < -0.39 is 172 Å². The molecule has 0 unspecified atom stereocenters. The zero-order valence-corrected chi connectivity index (χ0v) is 30.0. The Hall–Kier alpha value is -7.60. The minimum atomic E-state index is -5.81. The molecule has 5 rings (SSSR count). The molecular formula is C40H8F20N4. The van der Waals surface area contributed by atoms with E-state index in [1.165, 1.54) is 0 Å². The summed E-state index contributed by atoms with van der Waals surface area (Å²) in [6.07, 6.45) is -23.2. The maximum Gasteiger partial charge on any atom is 0.416 e. The van der Waals surface area contributed by atoms with Gasteiger partial charge in [-0.2, -0.15) is 73.7 Å². The van der Waals surface area contributed by atoms with Gasteiger partial charge in [-0.1, -0.05) is 0 Å². The molecule has 0 atom stereocenters. The summed E-state index contributed by atoms with van der Waals surface area (Å²) in [5.41, 5.74) is -28.2. The molecule has 328 valence electrons. The molecule has 0 amide bonds. The molecule has 0 heterocycles. The molecule has 0 saturated heterocycles. The lowest BCUT2D eigenvalue weighted by atomic mass is 9.87. The largest absolute Gasteiger partial charge is 0.416 e. The van der Waals surface area contributed by atoms with E-state index in [0.717, 1.165) is 12.1 Å². The van der Waals surface area contributed by atoms with Crippen LogP contribution in [0, 0.1) is 91.9 Å². The van der Waals surface area contributed by atoms with Gasteiger partial charge in [0.2, 0.25) is 0 Å². The summed E-state index contributed by atoms with van der Waals surface area (Å²) in [5.74, 6) is -21.4. The van der Waals surface area contributed by atoms with Crippen molar-refractivity contribution in [3.8, 4) is 46.5 Å². The summed E-state index contributed by atoms with van der Waals surface area (Å²) >= 11 is 0. The molecule has 0 radical (unpaired) electrons. The van der Waals surface area contributed by atoms with Crippen LogP contribution in [0.3, 0.4) is 0 Å². The van der Waals surface area contributed by atoms with Crippen molar-refractivity contribution >= 4 is 11.1 Å². The van der Waals surface area contributed by atoms with Crippen LogP contribution in [0.5, 0.6) is 0 Å². The van der Waals surface area contributed by atoms with Crippen LogP contribution in [-0.4, -0.2) is 0 Å². The predicted molar refractivity (Wildman–Crippen MR) is 175 cm³/mol. The SMILES string of the molecule is N#C/C(c1c(F)c(F)c(C#N)c(F)c1F)=c1/cc(-c2cc(C(F)(F)F)cc(C(F)(F)F)c2)/c(=C(\C#N)c2c(F)c(F)c(C#N)c(F)c2F)cc1-c1cc(C(F)(F)F)cc(C(F)(F)F)c1. The van der Waals surface area contributed by atoms with E-state index in [1.807, 2.05) is 0 Å². The van der Waals surface area contributed by atoms with Gasteiger partial charge in [0.25, 0.3) is 0 Å². The van der Waals surface area contributed by atoms with Gasteiger partial charge in [0.05, 0.1) is 44.5 Å². The van der Waals surface area contributed by atoms with Crippen LogP contribution in [0.25, 0.3) is 33.4 Å². The third kappa shape index (κ3) is 8.34.